The van der Waals surface area contributed by atoms with Crippen molar-refractivity contribution in [2.45, 2.75) is 18.9 Å². The van der Waals surface area contributed by atoms with Crippen LogP contribution >= 0.6 is 0 Å². The van der Waals surface area contributed by atoms with Crippen molar-refractivity contribution in [1.82, 2.24) is 9.88 Å². The Morgan fingerprint density at radius 1 is 1.54 bits per heavy atom. The van der Waals surface area contributed by atoms with Crippen molar-refractivity contribution in [3.63, 3.8) is 0 Å². The molecule has 1 aromatic rings. The van der Waals surface area contributed by atoms with E-state index in [0.29, 0.717) is 6.04 Å². The molecule has 2 rings (SSSR count). The van der Waals surface area contributed by atoms with Crippen molar-refractivity contribution in [3.8, 4) is 0 Å². The summed E-state index contributed by atoms with van der Waals surface area (Å²) in [5.41, 5.74) is 1.36. The number of pyridine rings is 1. The fourth-order valence-corrected chi connectivity index (χ4v) is 1.90. The van der Waals surface area contributed by atoms with Crippen molar-refractivity contribution >= 4 is 0 Å². The van der Waals surface area contributed by atoms with Gasteiger partial charge in [0, 0.05) is 37.9 Å². The van der Waals surface area contributed by atoms with Gasteiger partial charge < -0.3 is 0 Å². The second-order valence-corrected chi connectivity index (χ2v) is 3.42. The molecule has 0 bridgehead atoms. The third kappa shape index (κ3) is 2.35. The minimum atomic E-state index is 0. The molecular weight excluding hydrogens is 214 g/mol. The fourth-order valence-electron chi connectivity index (χ4n) is 1.90. The summed E-state index contributed by atoms with van der Waals surface area (Å²) in [4.78, 5) is 6.54. The van der Waals surface area contributed by atoms with Gasteiger partial charge in [-0.2, -0.15) is 0 Å². The van der Waals surface area contributed by atoms with Gasteiger partial charge in [-0.1, -0.05) is 6.07 Å². The van der Waals surface area contributed by atoms with E-state index in [-0.39, 0.29) is 19.5 Å². The van der Waals surface area contributed by atoms with Gasteiger partial charge in [0.15, 0.2) is 0 Å². The first kappa shape index (κ1) is 10.8. The summed E-state index contributed by atoms with van der Waals surface area (Å²) >= 11 is 0. The SMILES string of the molecule is CN1CCC[C@H]1c1cccnc1.[Zn]. The van der Waals surface area contributed by atoms with Crippen molar-refractivity contribution < 1.29 is 19.5 Å². The zero-order valence-corrected chi connectivity index (χ0v) is 11.1. The van der Waals surface area contributed by atoms with Crippen LogP contribution in [0.2, 0.25) is 0 Å². The summed E-state index contributed by atoms with van der Waals surface area (Å²) in [6.45, 7) is 1.22. The first-order valence-electron chi connectivity index (χ1n) is 4.48. The number of nitrogens with zero attached hydrogens (tertiary/aromatic N) is 2. The molecule has 1 atom stereocenters. The number of likely N-dealkylation sites (tertiary alicyclic amines) is 1. The van der Waals surface area contributed by atoms with Crippen LogP contribution in [0, 0.1) is 0 Å². The Hall–Kier alpha value is -0.267. The molecule has 0 radical (unpaired) electrons. The van der Waals surface area contributed by atoms with Gasteiger partial charge in [0.25, 0.3) is 0 Å². The van der Waals surface area contributed by atoms with Gasteiger partial charge in [-0.15, -0.1) is 0 Å². The monoisotopic (exact) mass is 226 g/mol. The van der Waals surface area contributed by atoms with Crippen LogP contribution in [-0.4, -0.2) is 23.5 Å². The molecule has 1 aromatic heterocycles. The second-order valence-electron chi connectivity index (χ2n) is 3.42. The van der Waals surface area contributed by atoms with Crippen molar-refractivity contribution in [2.24, 2.45) is 0 Å². The molecule has 1 aliphatic rings. The minimum absolute atomic E-state index is 0. The molecule has 3 heteroatoms. The molecule has 0 spiro atoms. The molecular formula is C10H14N2Zn. The van der Waals surface area contributed by atoms with E-state index in [1.807, 2.05) is 18.5 Å². The van der Waals surface area contributed by atoms with E-state index < -0.39 is 0 Å². The molecule has 1 fully saturated rings. The second kappa shape index (κ2) is 4.83. The molecule has 0 aliphatic carbocycles. The average molecular weight is 228 g/mol. The molecule has 0 saturated carbocycles. The summed E-state index contributed by atoms with van der Waals surface area (Å²) in [5, 5.41) is 0. The Kier molecular flexibility index (Phi) is 4.02. The summed E-state index contributed by atoms with van der Waals surface area (Å²) in [7, 11) is 2.19. The third-order valence-corrected chi connectivity index (χ3v) is 2.59. The Bertz CT molecular complexity index is 250. The molecule has 0 amide bonds. The van der Waals surface area contributed by atoms with Gasteiger partial charge in [0.05, 0.1) is 0 Å². The zero-order chi connectivity index (χ0) is 8.39. The standard InChI is InChI=1S/C10H14N2.Zn/c1-12-7-3-5-10(12)9-4-2-6-11-8-9;/h2,4,6,8,10H,3,5,7H2,1H3;/t10-;/m0./s1. The smallest absolute Gasteiger partial charge is 0.0360 e. The van der Waals surface area contributed by atoms with Crippen LogP contribution in [0.1, 0.15) is 24.4 Å². The van der Waals surface area contributed by atoms with Gasteiger partial charge in [0.2, 0.25) is 0 Å². The molecule has 0 aromatic carbocycles. The van der Waals surface area contributed by atoms with Crippen molar-refractivity contribution in [2.75, 3.05) is 13.6 Å². The minimum Gasteiger partial charge on any atom is -0.299 e. The summed E-state index contributed by atoms with van der Waals surface area (Å²) in [5.74, 6) is 0. The van der Waals surface area contributed by atoms with E-state index in [1.165, 1.54) is 24.9 Å². The summed E-state index contributed by atoms with van der Waals surface area (Å²) in [6.07, 6.45) is 6.41. The van der Waals surface area contributed by atoms with Crippen LogP contribution in [0.3, 0.4) is 0 Å². The molecule has 13 heavy (non-hydrogen) atoms. The normalized spacial score (nSPS) is 22.7. The number of hydrogen-bond donors (Lipinski definition) is 0. The Labute approximate surface area is 92.1 Å². The van der Waals surface area contributed by atoms with E-state index >= 15 is 0 Å². The Balaban J connectivity index is 0.000000845. The first-order valence-corrected chi connectivity index (χ1v) is 4.48. The first-order chi connectivity index (χ1) is 5.88. The van der Waals surface area contributed by atoms with Crippen molar-refractivity contribution in [1.29, 1.82) is 0 Å². The average Bonchev–Trinajstić information content (AvgIpc) is 2.53. The van der Waals surface area contributed by atoms with E-state index in [1.54, 1.807) is 0 Å². The molecule has 2 nitrogen and oxygen atoms in total. The Morgan fingerprint density at radius 2 is 2.38 bits per heavy atom. The largest absolute Gasteiger partial charge is 0.299 e. The zero-order valence-electron chi connectivity index (χ0n) is 8.11. The van der Waals surface area contributed by atoms with Crippen LogP contribution in [0.5, 0.6) is 0 Å². The van der Waals surface area contributed by atoms with E-state index in [2.05, 4.69) is 23.0 Å². The third-order valence-electron chi connectivity index (χ3n) is 2.59. The quantitative estimate of drug-likeness (QED) is 0.681. The van der Waals surface area contributed by atoms with Crippen LogP contribution in [0.4, 0.5) is 0 Å². The van der Waals surface area contributed by atoms with Gasteiger partial charge in [0.1, 0.15) is 0 Å². The predicted molar refractivity (Wildman–Crippen MR) is 48.8 cm³/mol. The molecule has 2 heterocycles. The number of rotatable bonds is 1. The number of hydrogen-bond acceptors (Lipinski definition) is 2. The molecule has 1 saturated heterocycles. The van der Waals surface area contributed by atoms with E-state index in [9.17, 15) is 0 Å². The maximum absolute atomic E-state index is 4.14. The maximum Gasteiger partial charge on any atom is 0.0360 e. The molecule has 66 valence electrons. The van der Waals surface area contributed by atoms with Gasteiger partial charge in [-0.05, 0) is 38.1 Å². The molecule has 1 aliphatic heterocycles. The van der Waals surface area contributed by atoms with Crippen LogP contribution in [-0.2, 0) is 19.5 Å². The van der Waals surface area contributed by atoms with E-state index in [0.717, 1.165) is 0 Å². The topological polar surface area (TPSA) is 16.1 Å². The summed E-state index contributed by atoms with van der Waals surface area (Å²) in [6, 6.07) is 4.79. The van der Waals surface area contributed by atoms with Crippen molar-refractivity contribution in [3.05, 3.63) is 30.1 Å². The predicted octanol–water partition coefficient (Wildman–Crippen LogP) is 1.85. The Morgan fingerprint density at radius 3 is 2.92 bits per heavy atom. The molecule has 0 N–H and O–H groups in total. The van der Waals surface area contributed by atoms with Crippen LogP contribution in [0.25, 0.3) is 0 Å². The van der Waals surface area contributed by atoms with Gasteiger partial charge in [-0.25, -0.2) is 0 Å². The summed E-state index contributed by atoms with van der Waals surface area (Å²) < 4.78 is 0. The van der Waals surface area contributed by atoms with Gasteiger partial charge in [-0.3, -0.25) is 9.88 Å². The number of aromatic nitrogens is 1. The maximum atomic E-state index is 4.14. The van der Waals surface area contributed by atoms with Crippen LogP contribution in [0.15, 0.2) is 24.5 Å². The molecule has 0 unspecified atom stereocenters. The van der Waals surface area contributed by atoms with E-state index in [4.69, 9.17) is 0 Å². The van der Waals surface area contributed by atoms with Gasteiger partial charge >= 0.3 is 0 Å². The van der Waals surface area contributed by atoms with Crippen LogP contribution < -0.4 is 0 Å². The fraction of sp³-hybridized carbons (Fsp3) is 0.500.